The van der Waals surface area contributed by atoms with E-state index in [2.05, 4.69) is 42.1 Å². The SMILES string of the molecule is CCNCC#Cc1cnc(C)c(C)c1. The van der Waals surface area contributed by atoms with Gasteiger partial charge in [-0.1, -0.05) is 18.8 Å². The summed E-state index contributed by atoms with van der Waals surface area (Å²) in [6.07, 6.45) is 1.82. The highest BCUT2D eigenvalue weighted by atomic mass is 14.8. The van der Waals surface area contributed by atoms with Crippen LogP contribution in [0.3, 0.4) is 0 Å². The Hall–Kier alpha value is -1.33. The molecule has 2 heteroatoms. The lowest BCUT2D eigenvalue weighted by Crippen LogP contribution is -2.11. The lowest BCUT2D eigenvalue weighted by molar-refractivity contribution is 0.811. The lowest BCUT2D eigenvalue weighted by atomic mass is 10.2. The number of rotatable bonds is 2. The van der Waals surface area contributed by atoms with Gasteiger partial charge in [0.1, 0.15) is 0 Å². The molecule has 1 rings (SSSR count). The minimum absolute atomic E-state index is 0.740. The molecule has 0 aliphatic rings. The summed E-state index contributed by atoms with van der Waals surface area (Å²) in [5.41, 5.74) is 3.26. The molecule has 1 aromatic heterocycles. The minimum atomic E-state index is 0.740. The molecule has 0 atom stereocenters. The first-order chi connectivity index (χ1) is 6.74. The molecule has 1 N–H and O–H groups in total. The molecule has 0 radical (unpaired) electrons. The fourth-order valence-electron chi connectivity index (χ4n) is 1.05. The van der Waals surface area contributed by atoms with Gasteiger partial charge >= 0.3 is 0 Å². The van der Waals surface area contributed by atoms with E-state index in [1.54, 1.807) is 0 Å². The van der Waals surface area contributed by atoms with Gasteiger partial charge in [0, 0.05) is 17.5 Å². The topological polar surface area (TPSA) is 24.9 Å². The Labute approximate surface area is 85.8 Å². The number of hydrogen-bond acceptors (Lipinski definition) is 2. The van der Waals surface area contributed by atoms with Crippen LogP contribution in [0.5, 0.6) is 0 Å². The van der Waals surface area contributed by atoms with Crippen molar-refractivity contribution in [1.82, 2.24) is 10.3 Å². The molecule has 1 aromatic rings. The molecule has 0 aliphatic heterocycles. The van der Waals surface area contributed by atoms with Crippen LogP contribution in [0.15, 0.2) is 12.3 Å². The second kappa shape index (κ2) is 5.41. The first-order valence-electron chi connectivity index (χ1n) is 4.87. The van der Waals surface area contributed by atoms with E-state index in [9.17, 15) is 0 Å². The van der Waals surface area contributed by atoms with Gasteiger partial charge in [-0.15, -0.1) is 0 Å². The Morgan fingerprint density at radius 3 is 2.86 bits per heavy atom. The van der Waals surface area contributed by atoms with E-state index in [4.69, 9.17) is 0 Å². The second-order valence-corrected chi connectivity index (χ2v) is 3.21. The summed E-state index contributed by atoms with van der Waals surface area (Å²) in [6, 6.07) is 2.07. The monoisotopic (exact) mass is 188 g/mol. The highest BCUT2D eigenvalue weighted by Gasteiger charge is 1.93. The van der Waals surface area contributed by atoms with Crippen molar-refractivity contribution in [3.63, 3.8) is 0 Å². The second-order valence-electron chi connectivity index (χ2n) is 3.21. The number of nitrogens with one attached hydrogen (secondary N) is 1. The molecule has 1 heterocycles. The fourth-order valence-corrected chi connectivity index (χ4v) is 1.05. The molecule has 74 valence electrons. The summed E-state index contributed by atoms with van der Waals surface area (Å²) in [7, 11) is 0. The molecule has 0 fully saturated rings. The maximum Gasteiger partial charge on any atom is 0.0580 e. The molecule has 0 saturated carbocycles. The number of aromatic nitrogens is 1. The van der Waals surface area contributed by atoms with Crippen LogP contribution in [0, 0.1) is 25.7 Å². The Balaban J connectivity index is 2.66. The van der Waals surface area contributed by atoms with Gasteiger partial charge in [0.25, 0.3) is 0 Å². The number of hydrogen-bond donors (Lipinski definition) is 1. The third-order valence-electron chi connectivity index (χ3n) is 2.04. The van der Waals surface area contributed by atoms with Crippen molar-refractivity contribution in [2.75, 3.05) is 13.1 Å². The smallest absolute Gasteiger partial charge is 0.0580 e. The molecule has 0 saturated heterocycles. The van der Waals surface area contributed by atoms with Crippen molar-refractivity contribution in [2.45, 2.75) is 20.8 Å². The van der Waals surface area contributed by atoms with Gasteiger partial charge in [-0.2, -0.15) is 0 Å². The van der Waals surface area contributed by atoms with Gasteiger partial charge in [0.05, 0.1) is 6.54 Å². The summed E-state index contributed by atoms with van der Waals surface area (Å²) in [6.45, 7) is 7.82. The molecule has 0 aromatic carbocycles. The molecule has 14 heavy (non-hydrogen) atoms. The highest BCUT2D eigenvalue weighted by molar-refractivity contribution is 5.36. The Morgan fingerprint density at radius 1 is 1.43 bits per heavy atom. The van der Waals surface area contributed by atoms with Crippen molar-refractivity contribution >= 4 is 0 Å². The number of nitrogens with zero attached hydrogens (tertiary/aromatic N) is 1. The number of aryl methyl sites for hydroxylation is 2. The van der Waals surface area contributed by atoms with Crippen LogP contribution in [0.1, 0.15) is 23.7 Å². The maximum absolute atomic E-state index is 4.25. The van der Waals surface area contributed by atoms with Crippen LogP contribution in [-0.4, -0.2) is 18.1 Å². The number of pyridine rings is 1. The van der Waals surface area contributed by atoms with Gasteiger partial charge < -0.3 is 5.32 Å². The van der Waals surface area contributed by atoms with Gasteiger partial charge in [0.15, 0.2) is 0 Å². The zero-order valence-electron chi connectivity index (χ0n) is 9.02. The Kier molecular flexibility index (Phi) is 4.15. The average molecular weight is 188 g/mol. The molecule has 0 aliphatic carbocycles. The molecule has 0 bridgehead atoms. The molecule has 0 unspecified atom stereocenters. The summed E-state index contributed by atoms with van der Waals surface area (Å²) in [5, 5.41) is 3.15. The fraction of sp³-hybridized carbons (Fsp3) is 0.417. The first kappa shape index (κ1) is 10.7. The largest absolute Gasteiger partial charge is 0.306 e. The zero-order valence-corrected chi connectivity index (χ0v) is 9.02. The normalized spacial score (nSPS) is 9.36. The van der Waals surface area contributed by atoms with Gasteiger partial charge in [-0.25, -0.2) is 0 Å². The van der Waals surface area contributed by atoms with Crippen molar-refractivity contribution in [1.29, 1.82) is 0 Å². The molecule has 0 spiro atoms. The predicted octanol–water partition coefficient (Wildman–Crippen LogP) is 1.66. The van der Waals surface area contributed by atoms with Crippen molar-refractivity contribution in [2.24, 2.45) is 0 Å². The van der Waals surface area contributed by atoms with Crippen LogP contribution < -0.4 is 5.32 Å². The van der Waals surface area contributed by atoms with E-state index in [1.807, 2.05) is 13.1 Å². The van der Waals surface area contributed by atoms with Crippen LogP contribution >= 0.6 is 0 Å². The van der Waals surface area contributed by atoms with Crippen molar-refractivity contribution in [3.8, 4) is 11.8 Å². The summed E-state index contributed by atoms with van der Waals surface area (Å²) in [5.74, 6) is 6.12. The standard InChI is InChI=1S/C12H16N2/c1-4-13-7-5-6-12-8-10(2)11(3)14-9-12/h8-9,13H,4,7H2,1-3H3. The maximum atomic E-state index is 4.25. The van der Waals surface area contributed by atoms with E-state index in [0.29, 0.717) is 0 Å². The van der Waals surface area contributed by atoms with E-state index in [-0.39, 0.29) is 0 Å². The van der Waals surface area contributed by atoms with Crippen molar-refractivity contribution < 1.29 is 0 Å². The van der Waals surface area contributed by atoms with Gasteiger partial charge in [-0.05, 0) is 32.0 Å². The van der Waals surface area contributed by atoms with E-state index in [1.165, 1.54) is 5.56 Å². The van der Waals surface area contributed by atoms with Crippen LogP contribution in [-0.2, 0) is 0 Å². The van der Waals surface area contributed by atoms with Crippen molar-refractivity contribution in [3.05, 3.63) is 29.1 Å². The van der Waals surface area contributed by atoms with Crippen LogP contribution in [0.4, 0.5) is 0 Å². The zero-order chi connectivity index (χ0) is 10.4. The summed E-state index contributed by atoms with van der Waals surface area (Å²) < 4.78 is 0. The van der Waals surface area contributed by atoms with Gasteiger partial charge in [0.2, 0.25) is 0 Å². The molecule has 2 nitrogen and oxygen atoms in total. The summed E-state index contributed by atoms with van der Waals surface area (Å²) in [4.78, 5) is 4.25. The molecule has 0 amide bonds. The quantitative estimate of drug-likeness (QED) is 0.564. The van der Waals surface area contributed by atoms with E-state index < -0.39 is 0 Å². The third-order valence-corrected chi connectivity index (χ3v) is 2.04. The van der Waals surface area contributed by atoms with Gasteiger partial charge in [-0.3, -0.25) is 4.98 Å². The highest BCUT2D eigenvalue weighted by Crippen LogP contribution is 2.04. The predicted molar refractivity (Wildman–Crippen MR) is 59.1 cm³/mol. The molecular weight excluding hydrogens is 172 g/mol. The average Bonchev–Trinajstić information content (AvgIpc) is 2.18. The first-order valence-corrected chi connectivity index (χ1v) is 4.87. The summed E-state index contributed by atoms with van der Waals surface area (Å²) >= 11 is 0. The third kappa shape index (κ3) is 3.20. The minimum Gasteiger partial charge on any atom is -0.306 e. The Bertz CT molecular complexity index is 358. The van der Waals surface area contributed by atoms with E-state index >= 15 is 0 Å². The lowest BCUT2D eigenvalue weighted by Gasteiger charge is -1.97. The Morgan fingerprint density at radius 2 is 2.21 bits per heavy atom. The van der Waals surface area contributed by atoms with Crippen LogP contribution in [0.25, 0.3) is 0 Å². The molecular formula is C12H16N2. The van der Waals surface area contributed by atoms with E-state index in [0.717, 1.165) is 24.3 Å². The van der Waals surface area contributed by atoms with Crippen LogP contribution in [0.2, 0.25) is 0 Å².